The maximum atomic E-state index is 12.7. The summed E-state index contributed by atoms with van der Waals surface area (Å²) in [6.45, 7) is 5.39. The lowest BCUT2D eigenvalue weighted by molar-refractivity contribution is -0.151. The van der Waals surface area contributed by atoms with Gasteiger partial charge in [0.05, 0.1) is 30.5 Å². The van der Waals surface area contributed by atoms with Gasteiger partial charge in [-0.2, -0.15) is 5.26 Å². The number of aliphatic hydroxyl groups excluding tert-OH is 1. The van der Waals surface area contributed by atoms with E-state index in [9.17, 15) is 14.7 Å². The second-order valence-electron chi connectivity index (χ2n) is 7.36. The van der Waals surface area contributed by atoms with Crippen LogP contribution in [0.4, 0.5) is 16.2 Å². The van der Waals surface area contributed by atoms with Gasteiger partial charge in [-0.1, -0.05) is 0 Å². The number of carbonyl (C=O) groups is 2. The number of rotatable bonds is 7. The van der Waals surface area contributed by atoms with E-state index in [0.717, 1.165) is 4.90 Å². The molecule has 7 nitrogen and oxygen atoms in total. The van der Waals surface area contributed by atoms with Crippen LogP contribution in [-0.2, 0) is 9.53 Å². The third-order valence-electron chi connectivity index (χ3n) is 3.76. The summed E-state index contributed by atoms with van der Waals surface area (Å²) >= 11 is 1.35. The highest BCUT2D eigenvalue weighted by molar-refractivity contribution is 8.00. The summed E-state index contributed by atoms with van der Waals surface area (Å²) in [5.41, 5.74) is 1.14. The largest absolute Gasteiger partial charge is 0.459 e. The number of hydrogen-bond acceptors (Lipinski definition) is 6. The molecule has 0 aromatic heterocycles. The summed E-state index contributed by atoms with van der Waals surface area (Å²) < 4.78 is 5.29. The Morgan fingerprint density at radius 3 is 2.30 bits per heavy atom. The van der Waals surface area contributed by atoms with Gasteiger partial charge in [0, 0.05) is 16.3 Å². The van der Waals surface area contributed by atoms with Crippen LogP contribution in [0.2, 0.25) is 0 Å². The van der Waals surface area contributed by atoms with Crippen LogP contribution in [0, 0.1) is 11.3 Å². The molecule has 0 aliphatic rings. The quantitative estimate of drug-likeness (QED) is 0.511. The van der Waals surface area contributed by atoms with E-state index in [1.165, 1.54) is 16.7 Å². The van der Waals surface area contributed by atoms with Gasteiger partial charge in [0.15, 0.2) is 0 Å². The van der Waals surface area contributed by atoms with Crippen molar-refractivity contribution in [2.24, 2.45) is 0 Å². The van der Waals surface area contributed by atoms with Gasteiger partial charge in [-0.05, 0) is 69.3 Å². The van der Waals surface area contributed by atoms with Crippen molar-refractivity contribution in [2.45, 2.75) is 31.3 Å². The Hall–Kier alpha value is -3.02. The third kappa shape index (κ3) is 7.43. The summed E-state index contributed by atoms with van der Waals surface area (Å²) in [7, 11) is 0. The molecular formula is C22H25N3O4S. The number of amides is 2. The molecule has 8 heteroatoms. The molecule has 0 heterocycles. The Labute approximate surface area is 180 Å². The van der Waals surface area contributed by atoms with Gasteiger partial charge in [-0.15, -0.1) is 11.8 Å². The van der Waals surface area contributed by atoms with Gasteiger partial charge in [-0.3, -0.25) is 9.69 Å². The van der Waals surface area contributed by atoms with E-state index >= 15 is 0 Å². The number of aliphatic hydroxyl groups is 1. The maximum absolute atomic E-state index is 12.7. The zero-order valence-corrected chi connectivity index (χ0v) is 18.0. The SMILES string of the molecule is CC(C)(C)OC(=O)CSc1ccc(N(CCO)C(=O)Nc2ccc(C#N)cc2)cc1. The summed E-state index contributed by atoms with van der Waals surface area (Å²) in [4.78, 5) is 26.8. The second-order valence-corrected chi connectivity index (χ2v) is 8.41. The molecule has 0 saturated heterocycles. The first kappa shape index (κ1) is 23.3. The molecule has 0 spiro atoms. The van der Waals surface area contributed by atoms with Crippen LogP contribution in [0.3, 0.4) is 0 Å². The minimum Gasteiger partial charge on any atom is -0.459 e. The van der Waals surface area contributed by atoms with Crippen LogP contribution >= 0.6 is 11.8 Å². The first-order chi connectivity index (χ1) is 14.2. The highest BCUT2D eigenvalue weighted by atomic mass is 32.2. The third-order valence-corrected chi connectivity index (χ3v) is 4.74. The van der Waals surface area contributed by atoms with Gasteiger partial charge in [-0.25, -0.2) is 4.79 Å². The molecular weight excluding hydrogens is 402 g/mol. The fraction of sp³-hybridized carbons (Fsp3) is 0.318. The maximum Gasteiger partial charge on any atom is 0.326 e. The van der Waals surface area contributed by atoms with Gasteiger partial charge in [0.1, 0.15) is 5.60 Å². The molecule has 0 aliphatic carbocycles. The lowest BCUT2D eigenvalue weighted by Crippen LogP contribution is -2.37. The predicted molar refractivity (Wildman–Crippen MR) is 118 cm³/mol. The molecule has 0 unspecified atom stereocenters. The molecule has 158 valence electrons. The van der Waals surface area contributed by atoms with Crippen LogP contribution in [-0.4, -0.2) is 41.6 Å². The summed E-state index contributed by atoms with van der Waals surface area (Å²) in [6.07, 6.45) is 0. The van der Waals surface area contributed by atoms with Gasteiger partial charge < -0.3 is 15.2 Å². The van der Waals surface area contributed by atoms with Crippen molar-refractivity contribution in [1.29, 1.82) is 5.26 Å². The number of benzene rings is 2. The van der Waals surface area contributed by atoms with Crippen LogP contribution in [0.25, 0.3) is 0 Å². The van der Waals surface area contributed by atoms with Crippen LogP contribution in [0.1, 0.15) is 26.3 Å². The second kappa shape index (κ2) is 10.7. The van der Waals surface area contributed by atoms with E-state index in [4.69, 9.17) is 10.00 Å². The van der Waals surface area contributed by atoms with Crippen molar-refractivity contribution in [3.8, 4) is 6.07 Å². The van der Waals surface area contributed by atoms with Crippen molar-refractivity contribution >= 4 is 35.1 Å². The Morgan fingerprint density at radius 2 is 1.77 bits per heavy atom. The van der Waals surface area contributed by atoms with Crippen molar-refractivity contribution in [3.05, 3.63) is 54.1 Å². The fourth-order valence-electron chi connectivity index (χ4n) is 2.50. The number of carbonyl (C=O) groups excluding carboxylic acids is 2. The lowest BCUT2D eigenvalue weighted by atomic mass is 10.2. The van der Waals surface area contributed by atoms with Crippen LogP contribution in [0.5, 0.6) is 0 Å². The molecule has 2 N–H and O–H groups in total. The van der Waals surface area contributed by atoms with Crippen molar-refractivity contribution < 1.29 is 19.4 Å². The minimum atomic E-state index is -0.519. The molecule has 0 atom stereocenters. The van der Waals surface area contributed by atoms with Gasteiger partial charge >= 0.3 is 12.0 Å². The molecule has 30 heavy (non-hydrogen) atoms. The van der Waals surface area contributed by atoms with E-state index in [-0.39, 0.29) is 24.9 Å². The normalized spacial score (nSPS) is 10.8. The number of thioether (sulfide) groups is 1. The fourth-order valence-corrected chi connectivity index (χ4v) is 3.17. The van der Waals surface area contributed by atoms with Crippen molar-refractivity contribution in [2.75, 3.05) is 29.1 Å². The Balaban J connectivity index is 2.01. The summed E-state index contributed by atoms with van der Waals surface area (Å²) in [5.74, 6) is -0.101. The number of nitrogens with zero attached hydrogens (tertiary/aromatic N) is 2. The Kier molecular flexibility index (Phi) is 8.27. The summed E-state index contributed by atoms with van der Waals surface area (Å²) in [5, 5.41) is 21.0. The molecule has 2 amide bonds. The average Bonchev–Trinajstić information content (AvgIpc) is 2.70. The number of anilines is 2. The number of urea groups is 1. The molecule has 2 rings (SSSR count). The molecule has 0 saturated carbocycles. The molecule has 2 aromatic carbocycles. The first-order valence-corrected chi connectivity index (χ1v) is 10.3. The molecule has 0 radical (unpaired) electrons. The highest BCUT2D eigenvalue weighted by Gasteiger charge is 2.17. The van der Waals surface area contributed by atoms with Gasteiger partial charge in [0.2, 0.25) is 0 Å². The number of hydrogen-bond donors (Lipinski definition) is 2. The predicted octanol–water partition coefficient (Wildman–Crippen LogP) is 4.02. The molecule has 0 fully saturated rings. The van der Waals surface area contributed by atoms with E-state index < -0.39 is 11.6 Å². The van der Waals surface area contributed by atoms with Gasteiger partial charge in [0.25, 0.3) is 0 Å². The number of nitrogens with one attached hydrogen (secondary N) is 1. The lowest BCUT2D eigenvalue weighted by Gasteiger charge is -2.22. The average molecular weight is 428 g/mol. The molecule has 2 aromatic rings. The Morgan fingerprint density at radius 1 is 1.13 bits per heavy atom. The van der Waals surface area contributed by atoms with Crippen LogP contribution in [0.15, 0.2) is 53.4 Å². The topological polar surface area (TPSA) is 103 Å². The first-order valence-electron chi connectivity index (χ1n) is 9.36. The zero-order valence-electron chi connectivity index (χ0n) is 17.2. The van der Waals surface area contributed by atoms with E-state index in [1.54, 1.807) is 36.4 Å². The smallest absolute Gasteiger partial charge is 0.326 e. The Bertz CT molecular complexity index is 900. The number of ether oxygens (including phenoxy) is 1. The standard InChI is InChI=1S/C22H25N3O4S/c1-22(2,3)29-20(27)15-30-19-10-8-18(9-11-19)25(12-13-26)21(28)24-17-6-4-16(14-23)5-7-17/h4-11,26H,12-13,15H2,1-3H3,(H,24,28). The van der Waals surface area contributed by atoms with Crippen molar-refractivity contribution in [3.63, 3.8) is 0 Å². The zero-order chi connectivity index (χ0) is 22.1. The van der Waals surface area contributed by atoms with E-state index in [2.05, 4.69) is 5.32 Å². The number of nitriles is 1. The molecule has 0 bridgehead atoms. The molecule has 0 aliphatic heterocycles. The monoisotopic (exact) mass is 427 g/mol. The minimum absolute atomic E-state index is 0.118. The summed E-state index contributed by atoms with van der Waals surface area (Å²) in [6, 6.07) is 15.3. The highest BCUT2D eigenvalue weighted by Crippen LogP contribution is 2.24. The van der Waals surface area contributed by atoms with Crippen LogP contribution < -0.4 is 10.2 Å². The van der Waals surface area contributed by atoms with E-state index in [0.29, 0.717) is 16.9 Å². The van der Waals surface area contributed by atoms with E-state index in [1.807, 2.05) is 39.0 Å². The number of esters is 1. The van der Waals surface area contributed by atoms with Crippen molar-refractivity contribution in [1.82, 2.24) is 0 Å².